The van der Waals surface area contributed by atoms with E-state index in [0.29, 0.717) is 17.7 Å². The minimum Gasteiger partial charge on any atom is -0.466 e. The fourth-order valence-corrected chi connectivity index (χ4v) is 3.59. The molecule has 37 heavy (non-hydrogen) atoms. The predicted molar refractivity (Wildman–Crippen MR) is 131 cm³/mol. The van der Waals surface area contributed by atoms with Crippen LogP contribution in [0.2, 0.25) is 0 Å². The Bertz CT molecular complexity index is 1180. The highest BCUT2D eigenvalue weighted by molar-refractivity contribution is 5.94. The Kier molecular flexibility index (Phi) is 9.26. The van der Waals surface area contributed by atoms with Crippen molar-refractivity contribution in [2.75, 3.05) is 18.5 Å². The molecule has 2 atom stereocenters. The van der Waals surface area contributed by atoms with Crippen molar-refractivity contribution in [2.45, 2.75) is 45.8 Å². The van der Waals surface area contributed by atoms with Crippen LogP contribution in [-0.4, -0.2) is 35.2 Å². The van der Waals surface area contributed by atoms with Gasteiger partial charge in [0, 0.05) is 23.4 Å². The number of alkyl halides is 3. The highest BCUT2D eigenvalue weighted by Gasteiger charge is 2.38. The van der Waals surface area contributed by atoms with E-state index in [1.54, 1.807) is 43.3 Å². The van der Waals surface area contributed by atoms with E-state index in [0.717, 1.165) is 17.7 Å². The fourth-order valence-electron chi connectivity index (χ4n) is 3.59. The van der Waals surface area contributed by atoms with Crippen LogP contribution in [-0.2, 0) is 15.7 Å². The van der Waals surface area contributed by atoms with Crippen LogP contribution in [0.25, 0.3) is 11.5 Å². The number of benzene rings is 2. The SMILES string of the molecule is CCOC(=O)CCNC(=O)c1ccc(N[C@H](c2ccc(-c3nnc(C(F)(F)F)o3)cc2)C(C)CC)cc1. The molecule has 0 fully saturated rings. The molecule has 0 aliphatic carbocycles. The molecule has 11 heteroatoms. The second-order valence-corrected chi connectivity index (χ2v) is 8.43. The van der Waals surface area contributed by atoms with E-state index in [-0.39, 0.29) is 42.7 Å². The van der Waals surface area contributed by atoms with Gasteiger partial charge in [-0.2, -0.15) is 13.2 Å². The van der Waals surface area contributed by atoms with Gasteiger partial charge in [-0.15, -0.1) is 10.2 Å². The molecule has 0 aliphatic rings. The normalized spacial score (nSPS) is 13.0. The van der Waals surface area contributed by atoms with Crippen molar-refractivity contribution in [3.8, 4) is 11.5 Å². The lowest BCUT2D eigenvalue weighted by Gasteiger charge is -2.26. The first-order chi connectivity index (χ1) is 17.6. The average molecular weight is 519 g/mol. The summed E-state index contributed by atoms with van der Waals surface area (Å²) < 4.78 is 47.9. The van der Waals surface area contributed by atoms with Crippen molar-refractivity contribution in [1.82, 2.24) is 15.5 Å². The van der Waals surface area contributed by atoms with E-state index in [1.807, 2.05) is 12.1 Å². The minimum atomic E-state index is -4.70. The number of esters is 1. The van der Waals surface area contributed by atoms with Gasteiger partial charge in [-0.25, -0.2) is 0 Å². The summed E-state index contributed by atoms with van der Waals surface area (Å²) in [7, 11) is 0. The number of aromatic nitrogens is 2. The molecule has 2 aromatic carbocycles. The molecular formula is C26H29F3N4O4. The third-order valence-corrected chi connectivity index (χ3v) is 5.79. The number of ether oxygens (including phenoxy) is 1. The molecule has 1 unspecified atom stereocenters. The van der Waals surface area contributed by atoms with E-state index in [2.05, 4.69) is 34.7 Å². The fraction of sp³-hybridized carbons (Fsp3) is 0.385. The van der Waals surface area contributed by atoms with Crippen LogP contribution in [0.4, 0.5) is 18.9 Å². The van der Waals surface area contributed by atoms with E-state index < -0.39 is 12.1 Å². The molecule has 0 bridgehead atoms. The minimum absolute atomic E-state index is 0.100. The molecule has 8 nitrogen and oxygen atoms in total. The summed E-state index contributed by atoms with van der Waals surface area (Å²) in [6, 6.07) is 13.8. The Balaban J connectivity index is 1.67. The third kappa shape index (κ3) is 7.55. The van der Waals surface area contributed by atoms with E-state index >= 15 is 0 Å². The van der Waals surface area contributed by atoms with Gasteiger partial charge in [0.05, 0.1) is 19.1 Å². The quantitative estimate of drug-likeness (QED) is 0.317. The maximum absolute atomic E-state index is 12.8. The molecule has 0 saturated carbocycles. The van der Waals surface area contributed by atoms with Crippen molar-refractivity contribution in [2.24, 2.45) is 5.92 Å². The lowest BCUT2D eigenvalue weighted by atomic mass is 9.91. The number of anilines is 1. The summed E-state index contributed by atoms with van der Waals surface area (Å²) in [5.41, 5.74) is 2.56. The lowest BCUT2D eigenvalue weighted by Crippen LogP contribution is -2.26. The molecule has 1 amide bonds. The van der Waals surface area contributed by atoms with Crippen molar-refractivity contribution in [3.05, 3.63) is 65.5 Å². The topological polar surface area (TPSA) is 106 Å². The molecule has 3 aromatic rings. The molecule has 3 rings (SSSR count). The summed E-state index contributed by atoms with van der Waals surface area (Å²) in [6.45, 7) is 6.35. The standard InChI is InChI=1S/C26H29F3N4O4/c1-4-16(3)22(17-6-8-19(9-7-17)24-32-33-25(37-24)26(27,28)29)31-20-12-10-18(11-13-20)23(35)30-15-14-21(34)36-5-2/h6-13,16,22,31H,4-5,14-15H2,1-3H3,(H,30,35)/t16?,22-/m0/s1. The van der Waals surface area contributed by atoms with Crippen LogP contribution in [0.1, 0.15) is 61.5 Å². The first-order valence-corrected chi connectivity index (χ1v) is 11.9. The molecule has 0 saturated heterocycles. The number of carbonyl (C=O) groups excluding carboxylic acids is 2. The summed E-state index contributed by atoms with van der Waals surface area (Å²) in [5.74, 6) is -2.03. The smallest absolute Gasteiger partial charge is 0.466 e. The number of carbonyl (C=O) groups is 2. The zero-order valence-electron chi connectivity index (χ0n) is 20.8. The first kappa shape index (κ1) is 27.7. The lowest BCUT2D eigenvalue weighted by molar-refractivity contribution is -0.157. The Morgan fingerprint density at radius 2 is 1.70 bits per heavy atom. The number of hydrogen-bond acceptors (Lipinski definition) is 7. The second kappa shape index (κ2) is 12.4. The van der Waals surface area contributed by atoms with Crippen molar-refractivity contribution < 1.29 is 31.9 Å². The van der Waals surface area contributed by atoms with Gasteiger partial charge in [-0.1, -0.05) is 32.4 Å². The van der Waals surface area contributed by atoms with E-state index in [9.17, 15) is 22.8 Å². The Hall–Kier alpha value is -3.89. The highest BCUT2D eigenvalue weighted by atomic mass is 19.4. The number of rotatable bonds is 11. The Morgan fingerprint density at radius 1 is 1.03 bits per heavy atom. The summed E-state index contributed by atoms with van der Waals surface area (Å²) in [6.07, 6.45) is -3.72. The number of nitrogens with zero attached hydrogens (tertiary/aromatic N) is 2. The number of halogens is 3. The van der Waals surface area contributed by atoms with Crippen LogP contribution in [0.15, 0.2) is 52.9 Å². The summed E-state index contributed by atoms with van der Waals surface area (Å²) in [4.78, 5) is 23.7. The van der Waals surface area contributed by atoms with Crippen molar-refractivity contribution in [1.29, 1.82) is 0 Å². The van der Waals surface area contributed by atoms with Gasteiger partial charge < -0.3 is 19.8 Å². The van der Waals surface area contributed by atoms with Crippen LogP contribution in [0.3, 0.4) is 0 Å². The van der Waals surface area contributed by atoms with E-state index in [4.69, 9.17) is 9.15 Å². The van der Waals surface area contributed by atoms with Gasteiger partial charge in [0.1, 0.15) is 0 Å². The van der Waals surface area contributed by atoms with Gasteiger partial charge in [-0.05, 0) is 54.8 Å². The van der Waals surface area contributed by atoms with Gasteiger partial charge in [0.25, 0.3) is 5.91 Å². The number of nitrogens with one attached hydrogen (secondary N) is 2. The summed E-state index contributed by atoms with van der Waals surface area (Å²) >= 11 is 0. The van der Waals surface area contributed by atoms with Crippen LogP contribution >= 0.6 is 0 Å². The Morgan fingerprint density at radius 3 is 2.27 bits per heavy atom. The third-order valence-electron chi connectivity index (χ3n) is 5.79. The summed E-state index contributed by atoms with van der Waals surface area (Å²) in [5, 5.41) is 12.7. The molecule has 1 heterocycles. The molecule has 0 aliphatic heterocycles. The predicted octanol–water partition coefficient (Wildman–Crippen LogP) is 5.64. The maximum Gasteiger partial charge on any atom is 0.470 e. The van der Waals surface area contributed by atoms with Gasteiger partial charge in [0.15, 0.2) is 0 Å². The van der Waals surface area contributed by atoms with E-state index in [1.165, 1.54) is 0 Å². The largest absolute Gasteiger partial charge is 0.470 e. The second-order valence-electron chi connectivity index (χ2n) is 8.43. The van der Waals surface area contributed by atoms with Crippen LogP contribution < -0.4 is 10.6 Å². The van der Waals surface area contributed by atoms with Gasteiger partial charge in [-0.3, -0.25) is 9.59 Å². The number of amides is 1. The zero-order valence-corrected chi connectivity index (χ0v) is 20.8. The molecule has 0 radical (unpaired) electrons. The van der Waals surface area contributed by atoms with Crippen LogP contribution in [0, 0.1) is 5.92 Å². The van der Waals surface area contributed by atoms with Crippen molar-refractivity contribution in [3.63, 3.8) is 0 Å². The molecule has 0 spiro atoms. The van der Waals surface area contributed by atoms with Crippen LogP contribution in [0.5, 0.6) is 0 Å². The molecular weight excluding hydrogens is 489 g/mol. The molecule has 198 valence electrons. The highest BCUT2D eigenvalue weighted by Crippen LogP contribution is 2.32. The van der Waals surface area contributed by atoms with Gasteiger partial charge >= 0.3 is 18.0 Å². The monoisotopic (exact) mass is 518 g/mol. The first-order valence-electron chi connectivity index (χ1n) is 11.9. The molecule has 1 aromatic heterocycles. The maximum atomic E-state index is 12.8. The van der Waals surface area contributed by atoms with Crippen molar-refractivity contribution >= 4 is 17.6 Å². The average Bonchev–Trinajstić information content (AvgIpc) is 3.39. The zero-order chi connectivity index (χ0) is 27.0. The Labute approximate surface area is 212 Å². The van der Waals surface area contributed by atoms with Gasteiger partial charge in [0.2, 0.25) is 5.89 Å². The molecule has 2 N–H and O–H groups in total. The number of hydrogen-bond donors (Lipinski definition) is 2.